The fourth-order valence-corrected chi connectivity index (χ4v) is 8.44. The van der Waals surface area contributed by atoms with E-state index in [1.807, 2.05) is 11.3 Å². The van der Waals surface area contributed by atoms with Crippen LogP contribution in [0.4, 0.5) is 0 Å². The summed E-state index contributed by atoms with van der Waals surface area (Å²) >= 11 is 1.88. The lowest BCUT2D eigenvalue weighted by molar-refractivity contribution is 0.989. The molecular formula is C45H30S. The van der Waals surface area contributed by atoms with E-state index in [2.05, 4.69) is 176 Å². The Morgan fingerprint density at radius 2 is 1.00 bits per heavy atom. The third kappa shape index (κ3) is 4.43. The second-order valence-electron chi connectivity index (χ2n) is 12.0. The van der Waals surface area contributed by atoms with Crippen LogP contribution in [0, 0.1) is 0 Å². The van der Waals surface area contributed by atoms with Crippen molar-refractivity contribution >= 4 is 53.1 Å². The molecular weight excluding hydrogens is 573 g/mol. The van der Waals surface area contributed by atoms with Crippen LogP contribution >= 0.6 is 11.3 Å². The number of rotatable bonds is 5. The van der Waals surface area contributed by atoms with E-state index in [0.717, 1.165) is 0 Å². The SMILES string of the molecule is c1ccc(-c2ccc(C(c3ccccc3)c3ccc(-c4cccc5ccc6sc7ccccc7c6c45)cc3)c3ccccc23)cc1. The Hall–Kier alpha value is -5.50. The van der Waals surface area contributed by atoms with Gasteiger partial charge in [-0.1, -0.05) is 164 Å². The summed E-state index contributed by atoms with van der Waals surface area (Å²) in [5.41, 5.74) is 8.95. The van der Waals surface area contributed by atoms with Gasteiger partial charge in [0.1, 0.15) is 0 Å². The highest BCUT2D eigenvalue weighted by molar-refractivity contribution is 7.26. The first kappa shape index (κ1) is 26.9. The van der Waals surface area contributed by atoms with Crippen LogP contribution < -0.4 is 0 Å². The van der Waals surface area contributed by atoms with E-state index in [1.165, 1.54) is 80.7 Å². The third-order valence-electron chi connectivity index (χ3n) is 9.43. The largest absolute Gasteiger partial charge is 0.135 e. The summed E-state index contributed by atoms with van der Waals surface area (Å²) in [5.74, 6) is 0.102. The lowest BCUT2D eigenvalue weighted by atomic mass is 9.81. The molecule has 9 rings (SSSR count). The predicted molar refractivity (Wildman–Crippen MR) is 199 cm³/mol. The van der Waals surface area contributed by atoms with Crippen molar-refractivity contribution < 1.29 is 0 Å². The van der Waals surface area contributed by atoms with Crippen molar-refractivity contribution in [2.45, 2.75) is 5.92 Å². The van der Waals surface area contributed by atoms with E-state index in [9.17, 15) is 0 Å². The van der Waals surface area contributed by atoms with E-state index in [4.69, 9.17) is 0 Å². The minimum Gasteiger partial charge on any atom is -0.135 e. The van der Waals surface area contributed by atoms with Gasteiger partial charge in [-0.15, -0.1) is 11.3 Å². The van der Waals surface area contributed by atoms with Crippen LogP contribution in [0.2, 0.25) is 0 Å². The van der Waals surface area contributed by atoms with E-state index < -0.39 is 0 Å². The molecule has 8 aromatic carbocycles. The van der Waals surface area contributed by atoms with Crippen molar-refractivity contribution in [2.24, 2.45) is 0 Å². The number of hydrogen-bond donors (Lipinski definition) is 0. The van der Waals surface area contributed by atoms with Crippen molar-refractivity contribution in [2.75, 3.05) is 0 Å². The molecule has 1 heterocycles. The Kier molecular flexibility index (Phi) is 6.51. The van der Waals surface area contributed by atoms with Crippen LogP contribution in [-0.2, 0) is 0 Å². The zero-order valence-electron chi connectivity index (χ0n) is 25.2. The van der Waals surface area contributed by atoms with Crippen LogP contribution in [0.1, 0.15) is 22.6 Å². The maximum absolute atomic E-state index is 2.35. The van der Waals surface area contributed by atoms with Gasteiger partial charge in [0.25, 0.3) is 0 Å². The molecule has 46 heavy (non-hydrogen) atoms. The smallest absolute Gasteiger partial charge is 0.0362 e. The highest BCUT2D eigenvalue weighted by Crippen LogP contribution is 2.43. The highest BCUT2D eigenvalue weighted by Gasteiger charge is 2.21. The quantitative estimate of drug-likeness (QED) is 0.172. The molecule has 0 saturated heterocycles. The summed E-state index contributed by atoms with van der Waals surface area (Å²) in [4.78, 5) is 0. The average Bonchev–Trinajstić information content (AvgIpc) is 3.52. The van der Waals surface area contributed by atoms with Crippen LogP contribution in [0.5, 0.6) is 0 Å². The van der Waals surface area contributed by atoms with Crippen molar-refractivity contribution in [3.63, 3.8) is 0 Å². The molecule has 0 amide bonds. The summed E-state index contributed by atoms with van der Waals surface area (Å²) in [7, 11) is 0. The average molecular weight is 603 g/mol. The molecule has 1 atom stereocenters. The zero-order valence-corrected chi connectivity index (χ0v) is 26.0. The highest BCUT2D eigenvalue weighted by atomic mass is 32.1. The van der Waals surface area contributed by atoms with Gasteiger partial charge in [0.15, 0.2) is 0 Å². The van der Waals surface area contributed by atoms with Crippen molar-refractivity contribution in [3.8, 4) is 22.3 Å². The molecule has 0 spiro atoms. The second kappa shape index (κ2) is 11.1. The Labute approximate surface area is 272 Å². The minimum atomic E-state index is 0.102. The van der Waals surface area contributed by atoms with Gasteiger partial charge in [0.05, 0.1) is 0 Å². The van der Waals surface area contributed by atoms with Gasteiger partial charge in [-0.25, -0.2) is 0 Å². The summed E-state index contributed by atoms with van der Waals surface area (Å²) in [5, 5.41) is 7.91. The maximum atomic E-state index is 2.35. The Bertz CT molecular complexity index is 2500. The second-order valence-corrected chi connectivity index (χ2v) is 13.1. The summed E-state index contributed by atoms with van der Waals surface area (Å²) in [6, 6.07) is 64.6. The first-order chi connectivity index (χ1) is 22.8. The van der Waals surface area contributed by atoms with Gasteiger partial charge in [-0.3, -0.25) is 0 Å². The van der Waals surface area contributed by atoms with Gasteiger partial charge in [0, 0.05) is 26.1 Å². The molecule has 0 aliphatic carbocycles. The minimum absolute atomic E-state index is 0.102. The summed E-state index contributed by atoms with van der Waals surface area (Å²) < 4.78 is 2.68. The molecule has 0 aliphatic heterocycles. The third-order valence-corrected chi connectivity index (χ3v) is 10.6. The van der Waals surface area contributed by atoms with Crippen LogP contribution in [0.15, 0.2) is 176 Å². The molecule has 0 saturated carbocycles. The van der Waals surface area contributed by atoms with Gasteiger partial charge in [-0.05, 0) is 72.6 Å². The lowest BCUT2D eigenvalue weighted by Crippen LogP contribution is -2.04. The first-order valence-electron chi connectivity index (χ1n) is 15.9. The van der Waals surface area contributed by atoms with Crippen LogP contribution in [0.3, 0.4) is 0 Å². The van der Waals surface area contributed by atoms with Gasteiger partial charge in [0.2, 0.25) is 0 Å². The predicted octanol–water partition coefficient (Wildman–Crippen LogP) is 12.9. The fourth-order valence-electron chi connectivity index (χ4n) is 7.33. The molecule has 1 unspecified atom stereocenters. The number of hydrogen-bond acceptors (Lipinski definition) is 1. The molecule has 9 aromatic rings. The van der Waals surface area contributed by atoms with Crippen LogP contribution in [-0.4, -0.2) is 0 Å². The number of thiophene rings is 1. The van der Waals surface area contributed by atoms with Crippen LogP contribution in [0.25, 0.3) is 64.0 Å². The standard InChI is InChI=1S/C45H30S/c1-3-12-30(13-4-1)35-27-28-39(38-18-8-7-17-37(35)38)43(32-14-5-2-6-15-32)34-24-22-31(23-25-34)36-20-11-16-33-26-29-42-45(44(33)36)40-19-9-10-21-41(40)46-42/h1-29,43H. The van der Waals surface area contributed by atoms with E-state index >= 15 is 0 Å². The molecule has 0 radical (unpaired) electrons. The molecule has 216 valence electrons. The van der Waals surface area contributed by atoms with Crippen molar-refractivity contribution in [1.29, 1.82) is 0 Å². The van der Waals surface area contributed by atoms with E-state index in [1.54, 1.807) is 0 Å². The number of benzene rings is 8. The molecule has 0 fully saturated rings. The Balaban J connectivity index is 1.22. The molecule has 0 nitrogen and oxygen atoms in total. The lowest BCUT2D eigenvalue weighted by Gasteiger charge is -2.22. The summed E-state index contributed by atoms with van der Waals surface area (Å²) in [6.45, 7) is 0. The molecule has 0 N–H and O–H groups in total. The van der Waals surface area contributed by atoms with Gasteiger partial charge >= 0.3 is 0 Å². The van der Waals surface area contributed by atoms with Gasteiger partial charge < -0.3 is 0 Å². The first-order valence-corrected chi connectivity index (χ1v) is 16.7. The number of fused-ring (bicyclic) bond motifs is 6. The van der Waals surface area contributed by atoms with Crippen molar-refractivity contribution in [1.82, 2.24) is 0 Å². The van der Waals surface area contributed by atoms with E-state index in [-0.39, 0.29) is 5.92 Å². The fraction of sp³-hybridized carbons (Fsp3) is 0.0222. The summed E-state index contributed by atoms with van der Waals surface area (Å²) in [6.07, 6.45) is 0. The van der Waals surface area contributed by atoms with E-state index in [0.29, 0.717) is 0 Å². The molecule has 0 bridgehead atoms. The van der Waals surface area contributed by atoms with Gasteiger partial charge in [-0.2, -0.15) is 0 Å². The molecule has 1 aromatic heterocycles. The maximum Gasteiger partial charge on any atom is 0.0362 e. The normalized spacial score (nSPS) is 12.3. The Morgan fingerprint density at radius 3 is 1.80 bits per heavy atom. The topological polar surface area (TPSA) is 0 Å². The molecule has 1 heteroatoms. The monoisotopic (exact) mass is 602 g/mol. The Morgan fingerprint density at radius 1 is 0.348 bits per heavy atom. The molecule has 0 aliphatic rings. The van der Waals surface area contributed by atoms with Crippen molar-refractivity contribution in [3.05, 3.63) is 193 Å². The zero-order chi connectivity index (χ0) is 30.5.